The summed E-state index contributed by atoms with van der Waals surface area (Å²) in [5.74, 6) is -0.813. The topological polar surface area (TPSA) is 65.6 Å². The molecule has 0 bridgehead atoms. The van der Waals surface area contributed by atoms with Gasteiger partial charge in [-0.25, -0.2) is 4.39 Å². The number of carbonyl (C=O) groups is 1. The van der Waals surface area contributed by atoms with Crippen LogP contribution in [0.15, 0.2) is 29.1 Å². The van der Waals surface area contributed by atoms with Gasteiger partial charge in [-0.2, -0.15) is 0 Å². The van der Waals surface area contributed by atoms with Crippen LogP contribution in [0.4, 0.5) is 4.39 Å². The van der Waals surface area contributed by atoms with Crippen molar-refractivity contribution in [3.05, 3.63) is 46.0 Å². The van der Waals surface area contributed by atoms with Gasteiger partial charge >= 0.3 is 0 Å². The molecule has 2 heterocycles. The highest BCUT2D eigenvalue weighted by atomic mass is 19.1. The Balaban J connectivity index is 1.78. The molecule has 0 unspecified atom stereocenters. The van der Waals surface area contributed by atoms with E-state index in [9.17, 15) is 14.0 Å². The number of rotatable bonds is 4. The number of H-pyrrole nitrogens is 1. The van der Waals surface area contributed by atoms with Crippen molar-refractivity contribution in [1.82, 2.24) is 14.8 Å². The summed E-state index contributed by atoms with van der Waals surface area (Å²) in [6.07, 6.45) is 0. The number of aromatic nitrogens is 1. The van der Waals surface area contributed by atoms with E-state index in [1.807, 2.05) is 0 Å². The van der Waals surface area contributed by atoms with Crippen molar-refractivity contribution in [2.45, 2.75) is 0 Å². The van der Waals surface area contributed by atoms with Gasteiger partial charge in [0, 0.05) is 51.3 Å². The van der Waals surface area contributed by atoms with E-state index in [1.54, 1.807) is 18.1 Å². The first-order valence-electron chi connectivity index (χ1n) is 7.92. The number of ether oxygens (including phenoxy) is 1. The summed E-state index contributed by atoms with van der Waals surface area (Å²) >= 11 is 0. The Labute approximate surface area is 138 Å². The summed E-state index contributed by atoms with van der Waals surface area (Å²) in [6, 6.07) is 5.54. The van der Waals surface area contributed by atoms with Gasteiger partial charge in [-0.15, -0.1) is 0 Å². The Morgan fingerprint density at radius 2 is 2.04 bits per heavy atom. The van der Waals surface area contributed by atoms with Crippen LogP contribution in [-0.2, 0) is 4.74 Å². The maximum atomic E-state index is 13.9. The first-order chi connectivity index (χ1) is 11.6. The Hall–Kier alpha value is -2.25. The number of fused-ring (bicyclic) bond motifs is 1. The Kier molecular flexibility index (Phi) is 4.92. The predicted octanol–water partition coefficient (Wildman–Crippen LogP) is 1.07. The number of piperazine rings is 1. The third kappa shape index (κ3) is 3.32. The molecule has 0 saturated carbocycles. The van der Waals surface area contributed by atoms with Crippen molar-refractivity contribution >= 4 is 16.8 Å². The highest BCUT2D eigenvalue weighted by Crippen LogP contribution is 2.14. The van der Waals surface area contributed by atoms with Crippen LogP contribution in [0.1, 0.15) is 10.5 Å². The average molecular weight is 333 g/mol. The minimum absolute atomic E-state index is 0.0760. The molecular formula is C17H20FN3O3. The monoisotopic (exact) mass is 333 g/mol. The average Bonchev–Trinajstić information content (AvgIpc) is 2.60. The molecule has 128 valence electrons. The molecular weight excluding hydrogens is 313 g/mol. The first kappa shape index (κ1) is 16.6. The van der Waals surface area contributed by atoms with Crippen molar-refractivity contribution in [3.63, 3.8) is 0 Å². The molecule has 1 aromatic heterocycles. The molecule has 0 spiro atoms. The molecule has 1 fully saturated rings. The number of pyridine rings is 1. The molecule has 1 aliphatic rings. The molecule has 6 nitrogen and oxygen atoms in total. The number of amides is 1. The number of carbonyl (C=O) groups excluding carboxylic acids is 1. The molecule has 0 radical (unpaired) electrons. The van der Waals surface area contributed by atoms with Gasteiger partial charge in [0.05, 0.1) is 12.1 Å². The van der Waals surface area contributed by atoms with Crippen LogP contribution in [0.2, 0.25) is 0 Å². The number of nitrogens with zero attached hydrogens (tertiary/aromatic N) is 2. The molecule has 24 heavy (non-hydrogen) atoms. The van der Waals surface area contributed by atoms with Crippen molar-refractivity contribution in [1.29, 1.82) is 0 Å². The summed E-state index contributed by atoms with van der Waals surface area (Å²) < 4.78 is 19.0. The number of para-hydroxylation sites is 1. The summed E-state index contributed by atoms with van der Waals surface area (Å²) in [6.45, 7) is 4.13. The fourth-order valence-corrected chi connectivity index (χ4v) is 2.92. The number of benzene rings is 1. The van der Waals surface area contributed by atoms with Crippen molar-refractivity contribution < 1.29 is 13.9 Å². The predicted molar refractivity (Wildman–Crippen MR) is 88.7 cm³/mol. The third-order valence-corrected chi connectivity index (χ3v) is 4.32. The van der Waals surface area contributed by atoms with Crippen molar-refractivity contribution in [3.8, 4) is 0 Å². The van der Waals surface area contributed by atoms with Gasteiger partial charge in [-0.1, -0.05) is 6.07 Å². The Morgan fingerprint density at radius 1 is 1.29 bits per heavy atom. The number of halogens is 1. The van der Waals surface area contributed by atoms with Gasteiger partial charge in [0.2, 0.25) is 0 Å². The largest absolute Gasteiger partial charge is 0.383 e. The third-order valence-electron chi connectivity index (χ3n) is 4.32. The lowest BCUT2D eigenvalue weighted by Gasteiger charge is -2.34. The molecule has 1 N–H and O–H groups in total. The standard InChI is InChI=1S/C17H20FN3O3/c1-24-10-9-20-5-7-21(8-6-20)17(23)14-11-15(22)12-3-2-4-13(18)16(12)19-14/h2-4,11H,5-10H2,1H3,(H,19,22). The second-order valence-electron chi connectivity index (χ2n) is 5.84. The van der Waals surface area contributed by atoms with E-state index in [-0.39, 0.29) is 27.9 Å². The molecule has 7 heteroatoms. The minimum atomic E-state index is -0.538. The van der Waals surface area contributed by atoms with E-state index >= 15 is 0 Å². The van der Waals surface area contributed by atoms with Crippen molar-refractivity contribution in [2.75, 3.05) is 46.4 Å². The summed E-state index contributed by atoms with van der Waals surface area (Å²) in [4.78, 5) is 31.4. The lowest BCUT2D eigenvalue weighted by Crippen LogP contribution is -2.49. The molecule has 0 aliphatic carbocycles. The first-order valence-corrected chi connectivity index (χ1v) is 7.92. The van der Waals surface area contributed by atoms with Crippen molar-refractivity contribution in [2.24, 2.45) is 0 Å². The minimum Gasteiger partial charge on any atom is -0.383 e. The van der Waals surface area contributed by atoms with Crippen LogP contribution in [-0.4, -0.2) is 67.1 Å². The zero-order valence-corrected chi connectivity index (χ0v) is 13.5. The van der Waals surface area contributed by atoms with E-state index < -0.39 is 5.82 Å². The fraction of sp³-hybridized carbons (Fsp3) is 0.412. The lowest BCUT2D eigenvalue weighted by atomic mass is 10.1. The highest BCUT2D eigenvalue weighted by molar-refractivity contribution is 5.95. The second-order valence-corrected chi connectivity index (χ2v) is 5.84. The molecule has 1 aliphatic heterocycles. The van der Waals surface area contributed by atoms with Crippen LogP contribution >= 0.6 is 0 Å². The normalized spacial score (nSPS) is 15.8. The number of methoxy groups -OCH3 is 1. The molecule has 1 saturated heterocycles. The summed E-state index contributed by atoms with van der Waals surface area (Å²) in [5, 5.41) is 0.246. The maximum Gasteiger partial charge on any atom is 0.270 e. The van der Waals surface area contributed by atoms with Crippen LogP contribution in [0.25, 0.3) is 10.9 Å². The highest BCUT2D eigenvalue weighted by Gasteiger charge is 2.23. The van der Waals surface area contributed by atoms with E-state index in [1.165, 1.54) is 18.2 Å². The van der Waals surface area contributed by atoms with Gasteiger partial charge in [0.15, 0.2) is 5.43 Å². The smallest absolute Gasteiger partial charge is 0.270 e. The van der Waals surface area contributed by atoms with Crippen LogP contribution in [0.5, 0.6) is 0 Å². The maximum absolute atomic E-state index is 13.9. The van der Waals surface area contributed by atoms with Gasteiger partial charge in [0.1, 0.15) is 11.5 Å². The number of aromatic amines is 1. The van der Waals surface area contributed by atoms with Crippen LogP contribution in [0, 0.1) is 5.82 Å². The quantitative estimate of drug-likeness (QED) is 0.909. The zero-order chi connectivity index (χ0) is 17.1. The van der Waals surface area contributed by atoms with Gasteiger partial charge < -0.3 is 14.6 Å². The molecule has 1 amide bonds. The summed E-state index contributed by atoms with van der Waals surface area (Å²) in [5.41, 5.74) is -0.152. The van der Waals surface area contributed by atoms with Gasteiger partial charge in [-0.3, -0.25) is 14.5 Å². The fourth-order valence-electron chi connectivity index (χ4n) is 2.92. The van der Waals surface area contributed by atoms with E-state index in [0.29, 0.717) is 19.7 Å². The lowest BCUT2D eigenvalue weighted by molar-refractivity contribution is 0.0589. The number of hydrogen-bond acceptors (Lipinski definition) is 4. The zero-order valence-electron chi connectivity index (χ0n) is 13.5. The number of nitrogens with one attached hydrogen (secondary N) is 1. The van der Waals surface area contributed by atoms with Gasteiger partial charge in [-0.05, 0) is 12.1 Å². The van der Waals surface area contributed by atoms with E-state index in [2.05, 4.69) is 9.88 Å². The molecule has 2 aromatic rings. The second kappa shape index (κ2) is 7.11. The Morgan fingerprint density at radius 3 is 2.75 bits per heavy atom. The van der Waals surface area contributed by atoms with E-state index in [0.717, 1.165) is 19.6 Å². The summed E-state index contributed by atoms with van der Waals surface area (Å²) in [7, 11) is 1.66. The molecule has 3 rings (SSSR count). The van der Waals surface area contributed by atoms with E-state index in [4.69, 9.17) is 4.74 Å². The Bertz CT molecular complexity index is 797. The SMILES string of the molecule is COCCN1CCN(C(=O)c2cc(=O)c3cccc(F)c3[nH]2)CC1. The molecule has 1 aromatic carbocycles. The number of hydrogen-bond donors (Lipinski definition) is 1. The molecule has 0 atom stereocenters. The van der Waals surface area contributed by atoms with Crippen LogP contribution in [0.3, 0.4) is 0 Å². The van der Waals surface area contributed by atoms with Gasteiger partial charge in [0.25, 0.3) is 5.91 Å². The van der Waals surface area contributed by atoms with Crippen LogP contribution < -0.4 is 5.43 Å².